The summed E-state index contributed by atoms with van der Waals surface area (Å²) in [5.74, 6) is 2.57. The van der Waals surface area contributed by atoms with Crippen molar-refractivity contribution in [3.8, 4) is 0 Å². The Labute approximate surface area is 109 Å². The summed E-state index contributed by atoms with van der Waals surface area (Å²) in [4.78, 5) is 4.42. The lowest BCUT2D eigenvalue weighted by Crippen LogP contribution is -2.42. The normalized spacial score (nSPS) is 30.3. The number of hydrogen-bond donors (Lipinski definition) is 2. The molecule has 1 aliphatic heterocycles. The minimum absolute atomic E-state index is 0.492. The Hall–Kier alpha value is -1.51. The van der Waals surface area contributed by atoms with Gasteiger partial charge in [0.05, 0.1) is 6.54 Å². The van der Waals surface area contributed by atoms with E-state index in [-0.39, 0.29) is 0 Å². The van der Waals surface area contributed by atoms with Crippen molar-refractivity contribution in [2.45, 2.75) is 31.7 Å². The van der Waals surface area contributed by atoms with Crippen LogP contribution in [0.25, 0.3) is 0 Å². The molecule has 1 unspecified atom stereocenters. The predicted molar refractivity (Wildman–Crippen MR) is 74.8 cm³/mol. The van der Waals surface area contributed by atoms with E-state index in [1.165, 1.54) is 18.4 Å². The Morgan fingerprint density at radius 1 is 1.28 bits per heavy atom. The molecule has 1 aliphatic carbocycles. The van der Waals surface area contributed by atoms with Crippen molar-refractivity contribution in [1.82, 2.24) is 10.6 Å². The molecule has 3 nitrogen and oxygen atoms in total. The highest BCUT2D eigenvalue weighted by atomic mass is 15.2. The molecule has 2 N–H and O–H groups in total. The molecule has 1 fully saturated rings. The molecular formula is C15H21N3. The second-order valence-corrected chi connectivity index (χ2v) is 5.56. The SMILES string of the molecule is CC1CN=C(NCC2CC(c3ccccc3)C2)N1. The van der Waals surface area contributed by atoms with E-state index in [9.17, 15) is 0 Å². The average Bonchev–Trinajstić information content (AvgIpc) is 2.74. The maximum Gasteiger partial charge on any atom is 0.191 e. The van der Waals surface area contributed by atoms with E-state index in [1.807, 2.05) is 0 Å². The second kappa shape index (κ2) is 5.01. The number of nitrogens with one attached hydrogen (secondary N) is 2. The highest BCUT2D eigenvalue weighted by molar-refractivity contribution is 5.81. The Bertz CT molecular complexity index is 421. The van der Waals surface area contributed by atoms with Crippen molar-refractivity contribution < 1.29 is 0 Å². The van der Waals surface area contributed by atoms with Crippen LogP contribution in [0.3, 0.4) is 0 Å². The summed E-state index contributed by atoms with van der Waals surface area (Å²) in [5, 5.41) is 6.76. The Balaban J connectivity index is 1.41. The third kappa shape index (κ3) is 2.50. The first-order valence-electron chi connectivity index (χ1n) is 6.91. The van der Waals surface area contributed by atoms with Gasteiger partial charge in [-0.25, -0.2) is 0 Å². The zero-order valence-corrected chi connectivity index (χ0v) is 10.9. The fourth-order valence-electron chi connectivity index (χ4n) is 2.80. The van der Waals surface area contributed by atoms with Crippen LogP contribution in [0.5, 0.6) is 0 Å². The van der Waals surface area contributed by atoms with Gasteiger partial charge < -0.3 is 10.6 Å². The molecule has 18 heavy (non-hydrogen) atoms. The molecule has 2 aliphatic rings. The summed E-state index contributed by atoms with van der Waals surface area (Å²) in [7, 11) is 0. The monoisotopic (exact) mass is 243 g/mol. The lowest BCUT2D eigenvalue weighted by Gasteiger charge is -2.36. The summed E-state index contributed by atoms with van der Waals surface area (Å²) in [6, 6.07) is 11.4. The lowest BCUT2D eigenvalue weighted by molar-refractivity contribution is 0.264. The van der Waals surface area contributed by atoms with Crippen molar-refractivity contribution >= 4 is 5.96 Å². The number of rotatable bonds is 3. The van der Waals surface area contributed by atoms with Gasteiger partial charge in [-0.2, -0.15) is 0 Å². The first-order valence-corrected chi connectivity index (χ1v) is 6.91. The molecule has 3 rings (SSSR count). The molecule has 1 atom stereocenters. The fourth-order valence-corrected chi connectivity index (χ4v) is 2.80. The minimum Gasteiger partial charge on any atom is -0.356 e. The molecule has 0 spiro atoms. The molecule has 0 aromatic heterocycles. The largest absolute Gasteiger partial charge is 0.356 e. The van der Waals surface area contributed by atoms with Crippen molar-refractivity contribution in [3.05, 3.63) is 35.9 Å². The molecule has 0 radical (unpaired) electrons. The van der Waals surface area contributed by atoms with Gasteiger partial charge in [0.25, 0.3) is 0 Å². The molecule has 0 amide bonds. The summed E-state index contributed by atoms with van der Waals surface area (Å²) < 4.78 is 0. The zero-order chi connectivity index (χ0) is 12.4. The smallest absolute Gasteiger partial charge is 0.191 e. The summed E-state index contributed by atoms with van der Waals surface area (Å²) in [5.41, 5.74) is 1.50. The van der Waals surface area contributed by atoms with E-state index < -0.39 is 0 Å². The van der Waals surface area contributed by atoms with E-state index in [1.54, 1.807) is 0 Å². The zero-order valence-electron chi connectivity index (χ0n) is 10.9. The molecule has 1 saturated carbocycles. The number of hydrogen-bond acceptors (Lipinski definition) is 3. The summed E-state index contributed by atoms with van der Waals surface area (Å²) in [6.07, 6.45) is 2.61. The van der Waals surface area contributed by atoms with E-state index in [0.29, 0.717) is 6.04 Å². The minimum atomic E-state index is 0.492. The number of nitrogens with zero attached hydrogens (tertiary/aromatic N) is 1. The summed E-state index contributed by atoms with van der Waals surface area (Å²) in [6.45, 7) is 4.12. The number of guanidine groups is 1. The maximum absolute atomic E-state index is 4.42. The third-order valence-corrected chi connectivity index (χ3v) is 3.97. The van der Waals surface area contributed by atoms with Gasteiger partial charge in [0, 0.05) is 12.6 Å². The van der Waals surface area contributed by atoms with Crippen LogP contribution in [0.2, 0.25) is 0 Å². The van der Waals surface area contributed by atoms with Gasteiger partial charge in [0.1, 0.15) is 0 Å². The van der Waals surface area contributed by atoms with Crippen LogP contribution in [-0.2, 0) is 0 Å². The first-order chi connectivity index (χ1) is 8.81. The van der Waals surface area contributed by atoms with Crippen molar-refractivity contribution in [1.29, 1.82) is 0 Å². The standard InChI is InChI=1S/C15H21N3/c1-11-9-16-15(18-11)17-10-12-7-14(8-12)13-5-3-2-4-6-13/h2-6,11-12,14H,7-10H2,1H3,(H2,16,17,18). The van der Waals surface area contributed by atoms with Crippen molar-refractivity contribution in [3.63, 3.8) is 0 Å². The molecule has 0 saturated heterocycles. The van der Waals surface area contributed by atoms with E-state index in [4.69, 9.17) is 0 Å². The van der Waals surface area contributed by atoms with Crippen molar-refractivity contribution in [2.24, 2.45) is 10.9 Å². The molecule has 1 aromatic rings. The first kappa shape index (κ1) is 11.6. The second-order valence-electron chi connectivity index (χ2n) is 5.56. The Morgan fingerprint density at radius 3 is 2.72 bits per heavy atom. The van der Waals surface area contributed by atoms with Crippen LogP contribution < -0.4 is 10.6 Å². The molecular weight excluding hydrogens is 222 g/mol. The van der Waals surface area contributed by atoms with Gasteiger partial charge in [0.15, 0.2) is 5.96 Å². The van der Waals surface area contributed by atoms with Gasteiger partial charge in [-0.15, -0.1) is 0 Å². The highest BCUT2D eigenvalue weighted by Gasteiger charge is 2.30. The molecule has 3 heteroatoms. The van der Waals surface area contributed by atoms with Crippen LogP contribution in [0.4, 0.5) is 0 Å². The van der Waals surface area contributed by atoms with Gasteiger partial charge >= 0.3 is 0 Å². The van der Waals surface area contributed by atoms with Crippen LogP contribution in [0, 0.1) is 5.92 Å². The van der Waals surface area contributed by atoms with Crippen LogP contribution in [0.1, 0.15) is 31.2 Å². The molecule has 0 bridgehead atoms. The Kier molecular flexibility index (Phi) is 3.22. The quantitative estimate of drug-likeness (QED) is 0.853. The van der Waals surface area contributed by atoms with Crippen molar-refractivity contribution in [2.75, 3.05) is 13.1 Å². The van der Waals surface area contributed by atoms with Gasteiger partial charge in [-0.1, -0.05) is 30.3 Å². The molecule has 96 valence electrons. The Morgan fingerprint density at radius 2 is 2.06 bits per heavy atom. The molecule has 1 aromatic carbocycles. The fraction of sp³-hybridized carbons (Fsp3) is 0.533. The molecule has 1 heterocycles. The van der Waals surface area contributed by atoms with E-state index in [0.717, 1.165) is 30.9 Å². The predicted octanol–water partition coefficient (Wildman–Crippen LogP) is 2.12. The van der Waals surface area contributed by atoms with Gasteiger partial charge in [-0.3, -0.25) is 4.99 Å². The van der Waals surface area contributed by atoms with Gasteiger partial charge in [0.2, 0.25) is 0 Å². The van der Waals surface area contributed by atoms with Gasteiger partial charge in [-0.05, 0) is 37.2 Å². The summed E-state index contributed by atoms with van der Waals surface area (Å²) >= 11 is 0. The van der Waals surface area contributed by atoms with E-state index >= 15 is 0 Å². The van der Waals surface area contributed by atoms with E-state index in [2.05, 4.69) is 52.9 Å². The number of benzene rings is 1. The highest BCUT2D eigenvalue weighted by Crippen LogP contribution is 2.40. The number of aliphatic imine (C=N–C) groups is 1. The van der Waals surface area contributed by atoms with Crippen LogP contribution >= 0.6 is 0 Å². The topological polar surface area (TPSA) is 36.4 Å². The third-order valence-electron chi connectivity index (χ3n) is 3.97. The van der Waals surface area contributed by atoms with Crippen LogP contribution in [-0.4, -0.2) is 25.1 Å². The van der Waals surface area contributed by atoms with Crippen LogP contribution in [0.15, 0.2) is 35.3 Å². The maximum atomic E-state index is 4.42. The average molecular weight is 243 g/mol. The lowest BCUT2D eigenvalue weighted by atomic mass is 9.71.